The molecule has 0 aromatic heterocycles. The fourth-order valence-electron chi connectivity index (χ4n) is 1.92. The SMILES string of the molecule is COc1ccc(NCC(=O)N/N=C(/C)c2ccccc2O)cc1. The minimum atomic E-state index is -0.282. The van der Waals surface area contributed by atoms with Crippen LogP contribution in [0.2, 0.25) is 0 Å². The first-order chi connectivity index (χ1) is 11.1. The number of nitrogens with one attached hydrogen (secondary N) is 2. The third-order valence-corrected chi connectivity index (χ3v) is 3.19. The zero-order valence-corrected chi connectivity index (χ0v) is 13.0. The van der Waals surface area contributed by atoms with E-state index in [-0.39, 0.29) is 18.2 Å². The number of phenols is 1. The molecule has 6 heteroatoms. The molecular weight excluding hydrogens is 294 g/mol. The molecule has 120 valence electrons. The summed E-state index contributed by atoms with van der Waals surface area (Å²) < 4.78 is 5.07. The molecule has 0 unspecified atom stereocenters. The Morgan fingerprint density at radius 2 is 1.87 bits per heavy atom. The van der Waals surface area contributed by atoms with Crippen LogP contribution in [-0.4, -0.2) is 30.4 Å². The summed E-state index contributed by atoms with van der Waals surface area (Å²) in [6.45, 7) is 1.80. The lowest BCUT2D eigenvalue weighted by Crippen LogP contribution is -2.26. The smallest absolute Gasteiger partial charge is 0.259 e. The van der Waals surface area contributed by atoms with Crippen molar-refractivity contribution in [3.05, 3.63) is 54.1 Å². The largest absolute Gasteiger partial charge is 0.507 e. The van der Waals surface area contributed by atoms with E-state index >= 15 is 0 Å². The summed E-state index contributed by atoms with van der Waals surface area (Å²) in [5.74, 6) is 0.595. The number of phenolic OH excluding ortho intramolecular Hbond substituents is 1. The van der Waals surface area contributed by atoms with Crippen LogP contribution in [0.1, 0.15) is 12.5 Å². The zero-order chi connectivity index (χ0) is 16.7. The van der Waals surface area contributed by atoms with Crippen LogP contribution in [0.5, 0.6) is 11.5 Å². The summed E-state index contributed by atoms with van der Waals surface area (Å²) in [7, 11) is 1.60. The first kappa shape index (κ1) is 16.4. The number of carbonyl (C=O) groups excluding carboxylic acids is 1. The maximum atomic E-state index is 11.8. The highest BCUT2D eigenvalue weighted by Gasteiger charge is 2.05. The molecular formula is C17H19N3O3. The van der Waals surface area contributed by atoms with Crippen molar-refractivity contribution in [1.29, 1.82) is 0 Å². The van der Waals surface area contributed by atoms with E-state index in [0.717, 1.165) is 11.4 Å². The Hall–Kier alpha value is -3.02. The number of rotatable bonds is 6. The number of carbonyl (C=O) groups is 1. The number of amides is 1. The first-order valence-corrected chi connectivity index (χ1v) is 7.09. The molecule has 2 rings (SSSR count). The molecule has 0 heterocycles. The average molecular weight is 313 g/mol. The Kier molecular flexibility index (Phi) is 5.57. The zero-order valence-electron chi connectivity index (χ0n) is 13.0. The van der Waals surface area contributed by atoms with Crippen molar-refractivity contribution in [2.45, 2.75) is 6.92 Å². The molecule has 0 aliphatic heterocycles. The highest BCUT2D eigenvalue weighted by Crippen LogP contribution is 2.16. The monoisotopic (exact) mass is 313 g/mol. The molecule has 0 saturated carbocycles. The quantitative estimate of drug-likeness (QED) is 0.565. The number of ether oxygens (including phenoxy) is 1. The van der Waals surface area contributed by atoms with Crippen molar-refractivity contribution < 1.29 is 14.6 Å². The molecule has 3 N–H and O–H groups in total. The van der Waals surface area contributed by atoms with Crippen molar-refractivity contribution in [3.8, 4) is 11.5 Å². The maximum absolute atomic E-state index is 11.8. The summed E-state index contributed by atoms with van der Waals surface area (Å²) in [6.07, 6.45) is 0. The normalized spacial score (nSPS) is 11.0. The Bertz CT molecular complexity index is 696. The highest BCUT2D eigenvalue weighted by molar-refractivity contribution is 6.01. The van der Waals surface area contributed by atoms with Crippen molar-refractivity contribution >= 4 is 17.3 Å². The van der Waals surface area contributed by atoms with Gasteiger partial charge in [-0.1, -0.05) is 12.1 Å². The van der Waals surface area contributed by atoms with Crippen LogP contribution in [0.15, 0.2) is 53.6 Å². The van der Waals surface area contributed by atoms with E-state index < -0.39 is 0 Å². The summed E-state index contributed by atoms with van der Waals surface area (Å²) in [4.78, 5) is 11.8. The topological polar surface area (TPSA) is 83.0 Å². The molecule has 0 atom stereocenters. The lowest BCUT2D eigenvalue weighted by atomic mass is 10.1. The van der Waals surface area contributed by atoms with Gasteiger partial charge in [0.2, 0.25) is 0 Å². The third-order valence-electron chi connectivity index (χ3n) is 3.19. The van der Waals surface area contributed by atoms with Gasteiger partial charge in [-0.05, 0) is 43.3 Å². The predicted octanol–water partition coefficient (Wildman–Crippen LogP) is 2.35. The Labute approximate surface area is 134 Å². The number of aromatic hydroxyl groups is 1. The van der Waals surface area contributed by atoms with Crippen LogP contribution < -0.4 is 15.5 Å². The van der Waals surface area contributed by atoms with E-state index in [4.69, 9.17) is 4.74 Å². The Morgan fingerprint density at radius 1 is 1.17 bits per heavy atom. The van der Waals surface area contributed by atoms with Crippen LogP contribution in [0.3, 0.4) is 0 Å². The minimum Gasteiger partial charge on any atom is -0.507 e. The van der Waals surface area contributed by atoms with E-state index in [0.29, 0.717) is 11.3 Å². The molecule has 0 bridgehead atoms. The average Bonchev–Trinajstić information content (AvgIpc) is 2.58. The number of benzene rings is 2. The van der Waals surface area contributed by atoms with Crippen LogP contribution in [0.25, 0.3) is 0 Å². The van der Waals surface area contributed by atoms with Crippen LogP contribution in [0, 0.1) is 0 Å². The highest BCUT2D eigenvalue weighted by atomic mass is 16.5. The molecule has 2 aromatic carbocycles. The number of hydrogen-bond donors (Lipinski definition) is 3. The van der Waals surface area contributed by atoms with Gasteiger partial charge >= 0.3 is 0 Å². The van der Waals surface area contributed by atoms with Crippen LogP contribution >= 0.6 is 0 Å². The second kappa shape index (κ2) is 7.84. The summed E-state index contributed by atoms with van der Waals surface area (Å²) in [6, 6.07) is 14.1. The number of para-hydroxylation sites is 1. The van der Waals surface area contributed by atoms with Crippen molar-refractivity contribution in [1.82, 2.24) is 5.43 Å². The Morgan fingerprint density at radius 3 is 2.52 bits per heavy atom. The van der Waals surface area contributed by atoms with Crippen molar-refractivity contribution in [2.75, 3.05) is 19.0 Å². The molecule has 0 fully saturated rings. The van der Waals surface area contributed by atoms with Gasteiger partial charge in [-0.3, -0.25) is 4.79 Å². The van der Waals surface area contributed by atoms with E-state index in [1.165, 1.54) is 0 Å². The van der Waals surface area contributed by atoms with E-state index in [1.54, 1.807) is 50.4 Å². The van der Waals surface area contributed by atoms with Crippen LogP contribution in [0.4, 0.5) is 5.69 Å². The first-order valence-electron chi connectivity index (χ1n) is 7.09. The molecule has 0 radical (unpaired) electrons. The number of nitrogens with zero attached hydrogens (tertiary/aromatic N) is 1. The van der Waals surface area contributed by atoms with Gasteiger partial charge in [0.05, 0.1) is 19.4 Å². The van der Waals surface area contributed by atoms with Gasteiger partial charge in [0.25, 0.3) is 5.91 Å². The van der Waals surface area contributed by atoms with Gasteiger partial charge < -0.3 is 15.2 Å². The van der Waals surface area contributed by atoms with Gasteiger partial charge in [-0.15, -0.1) is 0 Å². The van der Waals surface area contributed by atoms with E-state index in [2.05, 4.69) is 15.8 Å². The molecule has 2 aromatic rings. The van der Waals surface area contributed by atoms with Gasteiger partial charge in [-0.2, -0.15) is 5.10 Å². The number of anilines is 1. The molecule has 1 amide bonds. The van der Waals surface area contributed by atoms with Gasteiger partial charge in [0.1, 0.15) is 11.5 Å². The lowest BCUT2D eigenvalue weighted by molar-refractivity contribution is -0.119. The third kappa shape index (κ3) is 4.74. The van der Waals surface area contributed by atoms with Gasteiger partial charge in [-0.25, -0.2) is 5.43 Å². The standard InChI is InChI=1S/C17H19N3O3/c1-12(15-5-3-4-6-16(15)21)19-20-17(22)11-18-13-7-9-14(23-2)10-8-13/h3-10,18,21H,11H2,1-2H3,(H,20,22)/b19-12-. The maximum Gasteiger partial charge on any atom is 0.259 e. The molecule has 0 aliphatic rings. The fraction of sp³-hybridized carbons (Fsp3) is 0.176. The number of hydrazone groups is 1. The molecule has 6 nitrogen and oxygen atoms in total. The van der Waals surface area contributed by atoms with E-state index in [9.17, 15) is 9.90 Å². The summed E-state index contributed by atoms with van der Waals surface area (Å²) >= 11 is 0. The second-order valence-corrected chi connectivity index (χ2v) is 4.83. The molecule has 0 aliphatic carbocycles. The lowest BCUT2D eigenvalue weighted by Gasteiger charge is -2.07. The van der Waals surface area contributed by atoms with Crippen molar-refractivity contribution in [3.63, 3.8) is 0 Å². The van der Waals surface area contributed by atoms with Crippen LogP contribution in [-0.2, 0) is 4.79 Å². The molecule has 23 heavy (non-hydrogen) atoms. The summed E-state index contributed by atoms with van der Waals surface area (Å²) in [5, 5.41) is 16.7. The van der Waals surface area contributed by atoms with Crippen molar-refractivity contribution in [2.24, 2.45) is 5.10 Å². The second-order valence-electron chi connectivity index (χ2n) is 4.83. The Balaban J connectivity index is 1.87. The molecule has 0 spiro atoms. The van der Waals surface area contributed by atoms with Gasteiger partial charge in [0, 0.05) is 11.3 Å². The van der Waals surface area contributed by atoms with Gasteiger partial charge in [0.15, 0.2) is 0 Å². The van der Waals surface area contributed by atoms with E-state index in [1.807, 2.05) is 12.1 Å². The molecule has 0 saturated heterocycles. The number of methoxy groups -OCH3 is 1. The fourth-order valence-corrected chi connectivity index (χ4v) is 1.92. The predicted molar refractivity (Wildman–Crippen MR) is 89.9 cm³/mol. The summed E-state index contributed by atoms with van der Waals surface area (Å²) in [5.41, 5.74) is 4.37. The number of hydrogen-bond acceptors (Lipinski definition) is 5. The minimum absolute atomic E-state index is 0.0872.